The Kier molecular flexibility index (Phi) is 9.79. The molecule has 0 fully saturated rings. The second-order valence-electron chi connectivity index (χ2n) is 9.84. The Morgan fingerprint density at radius 2 is 1.61 bits per heavy atom. The van der Waals surface area contributed by atoms with Gasteiger partial charge in [0.15, 0.2) is 11.5 Å². The fourth-order valence-corrected chi connectivity index (χ4v) is 4.59. The molecule has 1 heterocycles. The molecule has 3 aromatic rings. The van der Waals surface area contributed by atoms with Gasteiger partial charge in [0.2, 0.25) is 11.8 Å². The second kappa shape index (κ2) is 13.7. The van der Waals surface area contributed by atoms with Crippen LogP contribution in [-0.4, -0.2) is 42.5 Å². The van der Waals surface area contributed by atoms with E-state index >= 15 is 0 Å². The number of benzene rings is 3. The van der Waals surface area contributed by atoms with Gasteiger partial charge in [0.25, 0.3) is 0 Å². The van der Waals surface area contributed by atoms with Crippen molar-refractivity contribution >= 4 is 11.8 Å². The standard InChI is InChI=1S/C32H38N2O4/c1-3-4-18-33-32(36)28(21-25-8-6-5-7-9-25)34(23-27-12-10-24(2)11-13-27)31(35)17-15-26-14-16-29-30(22-26)38-20-19-37-29/h5-14,16,22,28H,3-4,15,17-21,23H2,1-2H3,(H,33,36). The Hall–Kier alpha value is -3.80. The third-order valence-corrected chi connectivity index (χ3v) is 6.81. The first kappa shape index (κ1) is 27.2. The van der Waals surface area contributed by atoms with E-state index in [1.807, 2.05) is 79.7 Å². The Morgan fingerprint density at radius 1 is 0.895 bits per heavy atom. The molecule has 0 saturated heterocycles. The van der Waals surface area contributed by atoms with Gasteiger partial charge in [0.05, 0.1) is 0 Å². The van der Waals surface area contributed by atoms with E-state index in [1.165, 1.54) is 0 Å². The van der Waals surface area contributed by atoms with Crippen molar-refractivity contribution in [1.82, 2.24) is 10.2 Å². The van der Waals surface area contributed by atoms with E-state index in [9.17, 15) is 9.59 Å². The maximum absolute atomic E-state index is 13.8. The zero-order chi connectivity index (χ0) is 26.7. The fraction of sp³-hybridized carbons (Fsp3) is 0.375. The number of carbonyl (C=O) groups is 2. The lowest BCUT2D eigenvalue weighted by Gasteiger charge is -2.32. The highest BCUT2D eigenvalue weighted by molar-refractivity contribution is 5.88. The number of unbranched alkanes of at least 4 members (excludes halogenated alkanes) is 1. The summed E-state index contributed by atoms with van der Waals surface area (Å²) in [6, 6.07) is 23.3. The Labute approximate surface area is 226 Å². The first-order valence-corrected chi connectivity index (χ1v) is 13.6. The molecule has 1 unspecified atom stereocenters. The average Bonchev–Trinajstić information content (AvgIpc) is 2.95. The van der Waals surface area contributed by atoms with Gasteiger partial charge in [0.1, 0.15) is 19.3 Å². The average molecular weight is 515 g/mol. The normalized spacial score (nSPS) is 13.0. The van der Waals surface area contributed by atoms with Crippen molar-refractivity contribution in [1.29, 1.82) is 0 Å². The summed E-state index contributed by atoms with van der Waals surface area (Å²) in [5.74, 6) is 1.29. The lowest BCUT2D eigenvalue weighted by atomic mass is 10.0. The van der Waals surface area contributed by atoms with Crippen LogP contribution in [0.25, 0.3) is 0 Å². The minimum atomic E-state index is -0.608. The van der Waals surface area contributed by atoms with Crippen molar-refractivity contribution < 1.29 is 19.1 Å². The summed E-state index contributed by atoms with van der Waals surface area (Å²) >= 11 is 0. The van der Waals surface area contributed by atoms with Gasteiger partial charge in [-0.15, -0.1) is 0 Å². The molecule has 0 bridgehead atoms. The van der Waals surface area contributed by atoms with Crippen molar-refractivity contribution in [3.8, 4) is 11.5 Å². The fourth-order valence-electron chi connectivity index (χ4n) is 4.59. The first-order chi connectivity index (χ1) is 18.5. The molecule has 38 heavy (non-hydrogen) atoms. The number of carbonyl (C=O) groups excluding carboxylic acids is 2. The molecule has 3 aromatic carbocycles. The molecule has 0 saturated carbocycles. The van der Waals surface area contributed by atoms with Gasteiger partial charge in [-0.2, -0.15) is 0 Å². The van der Waals surface area contributed by atoms with Gasteiger partial charge < -0.3 is 19.7 Å². The number of hydrogen-bond donors (Lipinski definition) is 1. The van der Waals surface area contributed by atoms with E-state index in [1.54, 1.807) is 4.90 Å². The first-order valence-electron chi connectivity index (χ1n) is 13.6. The van der Waals surface area contributed by atoms with Crippen molar-refractivity contribution in [3.05, 3.63) is 95.1 Å². The summed E-state index contributed by atoms with van der Waals surface area (Å²) in [6.07, 6.45) is 3.19. The predicted molar refractivity (Wildman–Crippen MR) is 149 cm³/mol. The van der Waals surface area contributed by atoms with Crippen LogP contribution in [0.3, 0.4) is 0 Å². The molecule has 0 spiro atoms. The molecular weight excluding hydrogens is 476 g/mol. The van der Waals surface area contributed by atoms with Crippen LogP contribution in [0.5, 0.6) is 11.5 Å². The number of amides is 2. The monoisotopic (exact) mass is 514 g/mol. The molecule has 1 atom stereocenters. The summed E-state index contributed by atoms with van der Waals surface area (Å²) in [5.41, 5.74) is 4.19. The molecule has 200 valence electrons. The van der Waals surface area contributed by atoms with Crippen LogP contribution in [-0.2, 0) is 29.0 Å². The van der Waals surface area contributed by atoms with E-state index in [0.29, 0.717) is 45.6 Å². The van der Waals surface area contributed by atoms with E-state index in [4.69, 9.17) is 9.47 Å². The SMILES string of the molecule is CCCCNC(=O)C(Cc1ccccc1)N(Cc1ccc(C)cc1)C(=O)CCc1ccc2c(c1)OCCO2. The Bertz CT molecular complexity index is 1190. The molecule has 4 rings (SSSR count). The van der Waals surface area contributed by atoms with Gasteiger partial charge in [-0.05, 0) is 48.6 Å². The zero-order valence-corrected chi connectivity index (χ0v) is 22.4. The Morgan fingerprint density at radius 3 is 2.34 bits per heavy atom. The van der Waals surface area contributed by atoms with E-state index in [0.717, 1.165) is 46.6 Å². The molecule has 0 aromatic heterocycles. The highest BCUT2D eigenvalue weighted by Crippen LogP contribution is 2.31. The van der Waals surface area contributed by atoms with Crippen molar-refractivity contribution in [2.45, 2.75) is 58.5 Å². The number of nitrogens with zero attached hydrogens (tertiary/aromatic N) is 1. The molecule has 6 heteroatoms. The topological polar surface area (TPSA) is 67.9 Å². The number of fused-ring (bicyclic) bond motifs is 1. The number of rotatable bonds is 12. The number of nitrogens with one attached hydrogen (secondary N) is 1. The highest BCUT2D eigenvalue weighted by atomic mass is 16.6. The smallest absolute Gasteiger partial charge is 0.243 e. The van der Waals surface area contributed by atoms with Gasteiger partial charge in [0, 0.05) is 25.9 Å². The molecule has 6 nitrogen and oxygen atoms in total. The van der Waals surface area contributed by atoms with Gasteiger partial charge in [-0.3, -0.25) is 9.59 Å². The third kappa shape index (κ3) is 7.60. The Balaban J connectivity index is 1.57. The van der Waals surface area contributed by atoms with E-state index in [-0.39, 0.29) is 11.8 Å². The minimum absolute atomic E-state index is 0.0490. The largest absolute Gasteiger partial charge is 0.486 e. The number of hydrogen-bond acceptors (Lipinski definition) is 4. The summed E-state index contributed by atoms with van der Waals surface area (Å²) in [4.78, 5) is 29.1. The van der Waals surface area contributed by atoms with Gasteiger partial charge >= 0.3 is 0 Å². The summed E-state index contributed by atoms with van der Waals surface area (Å²) < 4.78 is 11.3. The van der Waals surface area contributed by atoms with Crippen LogP contribution in [0.2, 0.25) is 0 Å². The predicted octanol–water partition coefficient (Wildman–Crippen LogP) is 5.26. The summed E-state index contributed by atoms with van der Waals surface area (Å²) in [7, 11) is 0. The molecule has 1 aliphatic rings. The zero-order valence-electron chi connectivity index (χ0n) is 22.4. The molecule has 0 radical (unpaired) electrons. The molecule has 1 N–H and O–H groups in total. The number of ether oxygens (including phenoxy) is 2. The molecular formula is C32H38N2O4. The lowest BCUT2D eigenvalue weighted by Crippen LogP contribution is -2.50. The lowest BCUT2D eigenvalue weighted by molar-refractivity contribution is -0.141. The van der Waals surface area contributed by atoms with Crippen LogP contribution in [0.1, 0.15) is 48.4 Å². The van der Waals surface area contributed by atoms with Gasteiger partial charge in [-0.25, -0.2) is 0 Å². The maximum atomic E-state index is 13.8. The van der Waals surface area contributed by atoms with E-state index < -0.39 is 6.04 Å². The van der Waals surface area contributed by atoms with E-state index in [2.05, 4.69) is 12.2 Å². The van der Waals surface area contributed by atoms with Crippen LogP contribution < -0.4 is 14.8 Å². The third-order valence-electron chi connectivity index (χ3n) is 6.81. The van der Waals surface area contributed by atoms with Crippen LogP contribution >= 0.6 is 0 Å². The minimum Gasteiger partial charge on any atom is -0.486 e. The summed E-state index contributed by atoms with van der Waals surface area (Å²) in [5, 5.41) is 3.08. The highest BCUT2D eigenvalue weighted by Gasteiger charge is 2.30. The van der Waals surface area contributed by atoms with Crippen molar-refractivity contribution in [2.24, 2.45) is 0 Å². The maximum Gasteiger partial charge on any atom is 0.243 e. The van der Waals surface area contributed by atoms with Crippen LogP contribution in [0.15, 0.2) is 72.8 Å². The van der Waals surface area contributed by atoms with Crippen LogP contribution in [0.4, 0.5) is 0 Å². The molecule has 0 aliphatic carbocycles. The number of aryl methyl sites for hydroxylation is 2. The van der Waals surface area contributed by atoms with Crippen molar-refractivity contribution in [2.75, 3.05) is 19.8 Å². The molecule has 1 aliphatic heterocycles. The van der Waals surface area contributed by atoms with Crippen LogP contribution in [0, 0.1) is 6.92 Å². The van der Waals surface area contributed by atoms with Crippen molar-refractivity contribution in [3.63, 3.8) is 0 Å². The molecule has 2 amide bonds. The summed E-state index contributed by atoms with van der Waals surface area (Å²) in [6.45, 7) is 6.18. The quantitative estimate of drug-likeness (QED) is 0.335. The second-order valence-corrected chi connectivity index (χ2v) is 9.84. The van der Waals surface area contributed by atoms with Gasteiger partial charge in [-0.1, -0.05) is 79.6 Å².